The van der Waals surface area contributed by atoms with Gasteiger partial charge < -0.3 is 10.6 Å². The van der Waals surface area contributed by atoms with Gasteiger partial charge in [0.1, 0.15) is 0 Å². The molecule has 2 N–H and O–H groups in total. The number of guanidine groups is 1. The Balaban J connectivity index is 0.00000676. The number of unbranched alkanes of at least 4 members (excludes halogenated alkanes) is 3. The van der Waals surface area contributed by atoms with Crippen molar-refractivity contribution in [1.29, 1.82) is 0 Å². The third-order valence-corrected chi connectivity index (χ3v) is 4.95. The lowest BCUT2D eigenvalue weighted by Gasteiger charge is -2.17. The fraction of sp³-hybridized carbons (Fsp3) is 0.650. The molecule has 156 valence electrons. The third-order valence-electron chi connectivity index (χ3n) is 4.09. The molecule has 0 saturated carbocycles. The van der Waals surface area contributed by atoms with E-state index in [2.05, 4.69) is 36.4 Å². The smallest absolute Gasteiger partial charge is 0.191 e. The molecule has 1 aromatic carbocycles. The first-order valence-electron chi connectivity index (χ1n) is 9.64. The van der Waals surface area contributed by atoms with Gasteiger partial charge in [-0.05, 0) is 31.4 Å². The number of aliphatic imine (C=N–C) groups is 1. The number of halogens is 1. The molecule has 0 bridgehead atoms. The van der Waals surface area contributed by atoms with Crippen LogP contribution in [0.15, 0.2) is 29.3 Å². The summed E-state index contributed by atoms with van der Waals surface area (Å²) < 4.78 is 22.7. The van der Waals surface area contributed by atoms with Crippen LogP contribution >= 0.6 is 24.0 Å². The predicted molar refractivity (Wildman–Crippen MR) is 127 cm³/mol. The quantitative estimate of drug-likeness (QED) is 0.202. The van der Waals surface area contributed by atoms with Crippen molar-refractivity contribution in [3.05, 3.63) is 35.4 Å². The highest BCUT2D eigenvalue weighted by Gasteiger charge is 2.06. The molecule has 0 aliphatic heterocycles. The van der Waals surface area contributed by atoms with E-state index in [-0.39, 0.29) is 29.7 Å². The van der Waals surface area contributed by atoms with Gasteiger partial charge in [-0.1, -0.05) is 56.9 Å². The highest BCUT2D eigenvalue weighted by molar-refractivity contribution is 14.0. The maximum atomic E-state index is 11.3. The van der Waals surface area contributed by atoms with Crippen LogP contribution in [0.2, 0.25) is 0 Å². The Morgan fingerprint density at radius 1 is 1.07 bits per heavy atom. The number of nitrogens with one attached hydrogen (secondary N) is 2. The van der Waals surface area contributed by atoms with Crippen LogP contribution in [0.5, 0.6) is 0 Å². The van der Waals surface area contributed by atoms with Crippen LogP contribution in [0.1, 0.15) is 64.0 Å². The Labute approximate surface area is 182 Å². The minimum absolute atomic E-state index is 0. The monoisotopic (exact) mass is 509 g/mol. The van der Waals surface area contributed by atoms with Crippen molar-refractivity contribution in [2.75, 3.05) is 12.8 Å². The van der Waals surface area contributed by atoms with Crippen molar-refractivity contribution in [3.63, 3.8) is 0 Å². The van der Waals surface area contributed by atoms with E-state index in [9.17, 15) is 8.42 Å². The van der Waals surface area contributed by atoms with E-state index in [1.807, 2.05) is 24.3 Å². The number of nitrogens with zero attached hydrogens (tertiary/aromatic N) is 1. The van der Waals surface area contributed by atoms with Crippen LogP contribution < -0.4 is 10.6 Å². The van der Waals surface area contributed by atoms with Crippen LogP contribution in [0, 0.1) is 0 Å². The third kappa shape index (κ3) is 13.1. The van der Waals surface area contributed by atoms with Crippen molar-refractivity contribution in [3.8, 4) is 0 Å². The molecule has 0 aliphatic carbocycles. The Kier molecular flexibility index (Phi) is 13.8. The number of hydrogen-bond acceptors (Lipinski definition) is 3. The molecule has 1 atom stereocenters. The predicted octanol–water partition coefficient (Wildman–Crippen LogP) is 4.26. The molecule has 0 amide bonds. The van der Waals surface area contributed by atoms with Crippen molar-refractivity contribution in [2.24, 2.45) is 4.99 Å². The van der Waals surface area contributed by atoms with E-state index >= 15 is 0 Å². The Morgan fingerprint density at radius 2 is 1.70 bits per heavy atom. The van der Waals surface area contributed by atoms with Crippen molar-refractivity contribution in [1.82, 2.24) is 10.6 Å². The topological polar surface area (TPSA) is 70.6 Å². The van der Waals surface area contributed by atoms with E-state index < -0.39 is 9.84 Å². The van der Waals surface area contributed by atoms with Gasteiger partial charge in [-0.2, -0.15) is 0 Å². The number of rotatable bonds is 11. The van der Waals surface area contributed by atoms with E-state index in [4.69, 9.17) is 0 Å². The van der Waals surface area contributed by atoms with Crippen molar-refractivity contribution in [2.45, 2.75) is 71.2 Å². The van der Waals surface area contributed by atoms with Gasteiger partial charge in [-0.15, -0.1) is 24.0 Å². The molecule has 0 aliphatic rings. The highest BCUT2D eigenvalue weighted by Crippen LogP contribution is 2.09. The summed E-state index contributed by atoms with van der Waals surface area (Å²) in [5, 5.41) is 6.75. The molecule has 7 heteroatoms. The summed E-state index contributed by atoms with van der Waals surface area (Å²) in [6, 6.07) is 8.01. The number of sulfone groups is 1. The summed E-state index contributed by atoms with van der Waals surface area (Å²) in [6.07, 6.45) is 7.48. The van der Waals surface area contributed by atoms with Gasteiger partial charge in [-0.3, -0.25) is 0 Å². The average Bonchev–Trinajstić information content (AvgIpc) is 2.57. The molecule has 1 rings (SSSR count). The average molecular weight is 509 g/mol. The van der Waals surface area contributed by atoms with Crippen molar-refractivity contribution < 1.29 is 8.42 Å². The summed E-state index contributed by atoms with van der Waals surface area (Å²) in [6.45, 7) is 7.87. The second kappa shape index (κ2) is 14.2. The largest absolute Gasteiger partial charge is 0.357 e. The summed E-state index contributed by atoms with van der Waals surface area (Å²) >= 11 is 0. The highest BCUT2D eigenvalue weighted by atomic mass is 127. The second-order valence-electron chi connectivity index (χ2n) is 6.98. The van der Waals surface area contributed by atoms with E-state index in [1.165, 1.54) is 31.9 Å². The van der Waals surface area contributed by atoms with E-state index in [1.54, 1.807) is 0 Å². The Bertz CT molecular complexity index is 646. The summed E-state index contributed by atoms with van der Waals surface area (Å²) in [4.78, 5) is 4.65. The maximum Gasteiger partial charge on any atom is 0.191 e. The summed E-state index contributed by atoms with van der Waals surface area (Å²) in [5.41, 5.74) is 1.88. The lowest BCUT2D eigenvalue weighted by Crippen LogP contribution is -2.42. The summed E-state index contributed by atoms with van der Waals surface area (Å²) in [7, 11) is -3.00. The van der Waals surface area contributed by atoms with Crippen LogP contribution in [0.4, 0.5) is 0 Å². The zero-order chi connectivity index (χ0) is 19.4. The van der Waals surface area contributed by atoms with Gasteiger partial charge in [0.25, 0.3) is 0 Å². The summed E-state index contributed by atoms with van der Waals surface area (Å²) in [5.74, 6) is 0.909. The lowest BCUT2D eigenvalue weighted by atomic mass is 10.1. The maximum absolute atomic E-state index is 11.3. The first kappa shape index (κ1) is 26.2. The van der Waals surface area contributed by atoms with Gasteiger partial charge in [0.05, 0.1) is 12.3 Å². The molecule has 0 aromatic heterocycles. The molecular formula is C20H36IN3O2S. The van der Waals surface area contributed by atoms with Crippen LogP contribution in [-0.2, 0) is 22.1 Å². The first-order valence-corrected chi connectivity index (χ1v) is 11.7. The van der Waals surface area contributed by atoms with Gasteiger partial charge in [0.2, 0.25) is 0 Å². The number of hydrogen-bond donors (Lipinski definition) is 2. The van der Waals surface area contributed by atoms with Crippen molar-refractivity contribution >= 4 is 39.8 Å². The fourth-order valence-corrected chi connectivity index (χ4v) is 3.51. The molecule has 0 fully saturated rings. The molecule has 1 aromatic rings. The molecule has 0 spiro atoms. The van der Waals surface area contributed by atoms with E-state index in [0.29, 0.717) is 12.6 Å². The number of benzene rings is 1. The van der Waals surface area contributed by atoms with Crippen LogP contribution in [-0.4, -0.2) is 33.2 Å². The van der Waals surface area contributed by atoms with Gasteiger partial charge >= 0.3 is 0 Å². The SMILES string of the molecule is CCCCCCC(C)NC(=NCc1ccc(CS(C)(=O)=O)cc1)NCC.I. The first-order chi connectivity index (χ1) is 12.3. The van der Waals surface area contributed by atoms with Gasteiger partial charge in [0, 0.05) is 18.8 Å². The molecule has 0 saturated heterocycles. The fourth-order valence-electron chi connectivity index (χ4n) is 2.72. The normalized spacial score (nSPS) is 13.0. The van der Waals surface area contributed by atoms with E-state index in [0.717, 1.165) is 30.1 Å². The minimum Gasteiger partial charge on any atom is -0.357 e. The molecular weight excluding hydrogens is 473 g/mol. The lowest BCUT2D eigenvalue weighted by molar-refractivity contribution is 0.537. The molecule has 27 heavy (non-hydrogen) atoms. The second-order valence-corrected chi connectivity index (χ2v) is 9.12. The molecule has 0 heterocycles. The van der Waals surface area contributed by atoms with Crippen LogP contribution in [0.25, 0.3) is 0 Å². The van der Waals surface area contributed by atoms with Crippen LogP contribution in [0.3, 0.4) is 0 Å². The molecule has 5 nitrogen and oxygen atoms in total. The molecule has 1 unspecified atom stereocenters. The zero-order valence-corrected chi connectivity index (χ0v) is 20.3. The Hall–Kier alpha value is -0.830. The zero-order valence-electron chi connectivity index (χ0n) is 17.1. The minimum atomic E-state index is -3.00. The molecule has 0 radical (unpaired) electrons. The standard InChI is InChI=1S/C20H35N3O2S.HI/c1-5-7-8-9-10-17(3)23-20(21-6-2)22-15-18-11-13-19(14-12-18)16-26(4,24)25;/h11-14,17H,5-10,15-16H2,1-4H3,(H2,21,22,23);1H. The van der Waals surface area contributed by atoms with Gasteiger partial charge in [-0.25, -0.2) is 13.4 Å². The van der Waals surface area contributed by atoms with Gasteiger partial charge in [0.15, 0.2) is 15.8 Å². The Morgan fingerprint density at radius 3 is 2.26 bits per heavy atom.